The highest BCUT2D eigenvalue weighted by Gasteiger charge is 2.25. The van der Waals surface area contributed by atoms with Gasteiger partial charge in [0, 0.05) is 19.6 Å². The first-order chi connectivity index (χ1) is 13.6. The number of nitrogens with zero attached hydrogens (tertiary/aromatic N) is 1. The molecule has 0 spiro atoms. The Morgan fingerprint density at radius 2 is 1.86 bits per heavy atom. The summed E-state index contributed by atoms with van der Waals surface area (Å²) in [7, 11) is 1.70. The molecule has 1 aliphatic heterocycles. The molecule has 2 unspecified atom stereocenters. The summed E-state index contributed by atoms with van der Waals surface area (Å²) in [5.74, 6) is 1.65. The lowest BCUT2D eigenvalue weighted by Crippen LogP contribution is -2.42. The van der Waals surface area contributed by atoms with Crippen molar-refractivity contribution in [3.8, 4) is 5.75 Å². The van der Waals surface area contributed by atoms with Crippen molar-refractivity contribution in [3.05, 3.63) is 60.2 Å². The standard InChI is InChI=1S/C23H31N3O2/c1-17(2)22(19-9-5-4-6-10-19)25-23(27)24-15-18-13-14-26(16-18)20-11-7-8-12-21(20)28-3/h4-12,17-18,22H,13-16H2,1-3H3,(H2,24,25,27). The van der Waals surface area contributed by atoms with Gasteiger partial charge in [-0.25, -0.2) is 4.79 Å². The van der Waals surface area contributed by atoms with Crippen molar-refractivity contribution in [3.63, 3.8) is 0 Å². The average Bonchev–Trinajstić information content (AvgIpc) is 3.19. The van der Waals surface area contributed by atoms with E-state index in [1.165, 1.54) is 0 Å². The number of para-hydroxylation sites is 2. The van der Waals surface area contributed by atoms with Crippen LogP contribution in [-0.2, 0) is 0 Å². The number of carbonyl (C=O) groups excluding carboxylic acids is 1. The molecule has 2 aromatic carbocycles. The smallest absolute Gasteiger partial charge is 0.315 e. The van der Waals surface area contributed by atoms with Crippen molar-refractivity contribution in [1.82, 2.24) is 10.6 Å². The molecule has 3 rings (SSSR count). The minimum atomic E-state index is -0.0988. The van der Waals surface area contributed by atoms with Gasteiger partial charge < -0.3 is 20.3 Å². The lowest BCUT2D eigenvalue weighted by Gasteiger charge is -2.24. The third kappa shape index (κ3) is 4.97. The van der Waals surface area contributed by atoms with E-state index in [0.29, 0.717) is 18.4 Å². The second-order valence-electron chi connectivity index (χ2n) is 7.76. The molecule has 5 heteroatoms. The maximum Gasteiger partial charge on any atom is 0.315 e. The fraction of sp³-hybridized carbons (Fsp3) is 0.435. The highest BCUT2D eigenvalue weighted by Crippen LogP contribution is 2.31. The number of anilines is 1. The van der Waals surface area contributed by atoms with E-state index >= 15 is 0 Å². The first-order valence-electron chi connectivity index (χ1n) is 10.1. The molecule has 1 aliphatic rings. The van der Waals surface area contributed by atoms with Crippen LogP contribution in [0.4, 0.5) is 10.5 Å². The molecule has 0 bridgehead atoms. The summed E-state index contributed by atoms with van der Waals surface area (Å²) >= 11 is 0. The molecule has 1 saturated heterocycles. The van der Waals surface area contributed by atoms with Crippen molar-refractivity contribution < 1.29 is 9.53 Å². The third-order valence-electron chi connectivity index (χ3n) is 5.37. The quantitative estimate of drug-likeness (QED) is 0.755. The third-order valence-corrected chi connectivity index (χ3v) is 5.37. The Hall–Kier alpha value is -2.69. The zero-order valence-electron chi connectivity index (χ0n) is 17.0. The second kappa shape index (κ2) is 9.49. The maximum atomic E-state index is 12.5. The van der Waals surface area contributed by atoms with Crippen LogP contribution in [0, 0.1) is 11.8 Å². The fourth-order valence-electron chi connectivity index (χ4n) is 3.83. The Morgan fingerprint density at radius 1 is 1.14 bits per heavy atom. The van der Waals surface area contributed by atoms with Gasteiger partial charge in [0.1, 0.15) is 5.75 Å². The lowest BCUT2D eigenvalue weighted by atomic mass is 9.96. The summed E-state index contributed by atoms with van der Waals surface area (Å²) in [4.78, 5) is 14.8. The number of rotatable bonds is 7. The van der Waals surface area contributed by atoms with E-state index in [2.05, 4.69) is 47.6 Å². The van der Waals surface area contributed by atoms with Crippen LogP contribution in [0.2, 0.25) is 0 Å². The Bertz CT molecular complexity index is 763. The predicted molar refractivity (Wildman–Crippen MR) is 114 cm³/mol. The molecule has 2 aromatic rings. The van der Waals surface area contributed by atoms with Crippen molar-refractivity contribution in [2.45, 2.75) is 26.3 Å². The number of amides is 2. The van der Waals surface area contributed by atoms with Crippen molar-refractivity contribution in [2.75, 3.05) is 31.6 Å². The molecule has 0 radical (unpaired) electrons. The molecule has 0 aromatic heterocycles. The van der Waals surface area contributed by atoms with E-state index < -0.39 is 0 Å². The molecule has 2 N–H and O–H groups in total. The summed E-state index contributed by atoms with van der Waals surface area (Å²) in [5, 5.41) is 6.21. The first kappa shape index (κ1) is 20.1. The van der Waals surface area contributed by atoms with E-state index in [1.807, 2.05) is 36.4 Å². The summed E-state index contributed by atoms with van der Waals surface area (Å²) in [6, 6.07) is 18.2. The summed E-state index contributed by atoms with van der Waals surface area (Å²) in [5.41, 5.74) is 2.26. The average molecular weight is 382 g/mol. The van der Waals surface area contributed by atoms with Crippen LogP contribution in [0.25, 0.3) is 0 Å². The minimum Gasteiger partial charge on any atom is -0.495 e. The van der Waals surface area contributed by atoms with E-state index in [9.17, 15) is 4.79 Å². The minimum absolute atomic E-state index is 0.00913. The van der Waals surface area contributed by atoms with E-state index in [0.717, 1.165) is 36.5 Å². The summed E-state index contributed by atoms with van der Waals surface area (Å²) in [6.45, 7) is 6.83. The molecule has 1 heterocycles. The molecule has 150 valence electrons. The molecule has 1 fully saturated rings. The van der Waals surface area contributed by atoms with E-state index in [4.69, 9.17) is 4.74 Å². The van der Waals surface area contributed by atoms with E-state index in [-0.39, 0.29) is 12.1 Å². The number of urea groups is 1. The zero-order valence-corrected chi connectivity index (χ0v) is 17.0. The molecular weight excluding hydrogens is 350 g/mol. The van der Waals surface area contributed by atoms with Gasteiger partial charge in [0.05, 0.1) is 18.8 Å². The highest BCUT2D eigenvalue weighted by molar-refractivity contribution is 5.74. The Kier molecular flexibility index (Phi) is 6.80. The Labute approximate surface area is 168 Å². The van der Waals surface area contributed by atoms with Crippen molar-refractivity contribution >= 4 is 11.7 Å². The number of ether oxygens (including phenoxy) is 1. The van der Waals surface area contributed by atoms with Gasteiger partial charge in [0.2, 0.25) is 0 Å². The van der Waals surface area contributed by atoms with E-state index in [1.54, 1.807) is 7.11 Å². The van der Waals surface area contributed by atoms with Gasteiger partial charge >= 0.3 is 6.03 Å². The molecule has 0 aliphatic carbocycles. The van der Waals surface area contributed by atoms with Crippen LogP contribution in [0.15, 0.2) is 54.6 Å². The maximum absolute atomic E-state index is 12.5. The number of nitrogens with one attached hydrogen (secondary N) is 2. The van der Waals surface area contributed by atoms with Gasteiger partial charge in [0.25, 0.3) is 0 Å². The fourth-order valence-corrected chi connectivity index (χ4v) is 3.83. The second-order valence-corrected chi connectivity index (χ2v) is 7.76. The van der Waals surface area contributed by atoms with Gasteiger partial charge in [-0.3, -0.25) is 0 Å². The van der Waals surface area contributed by atoms with Crippen LogP contribution in [0.5, 0.6) is 5.75 Å². The number of hydrogen-bond donors (Lipinski definition) is 2. The molecule has 5 nitrogen and oxygen atoms in total. The highest BCUT2D eigenvalue weighted by atomic mass is 16.5. The van der Waals surface area contributed by atoms with Crippen molar-refractivity contribution in [1.29, 1.82) is 0 Å². The SMILES string of the molecule is COc1ccccc1N1CCC(CNC(=O)NC(c2ccccc2)C(C)C)C1. The largest absolute Gasteiger partial charge is 0.495 e. The lowest BCUT2D eigenvalue weighted by molar-refractivity contribution is 0.231. The van der Waals surface area contributed by atoms with Crippen LogP contribution in [0.1, 0.15) is 31.9 Å². The topological polar surface area (TPSA) is 53.6 Å². The summed E-state index contributed by atoms with van der Waals surface area (Å²) < 4.78 is 5.48. The molecule has 2 atom stereocenters. The van der Waals surface area contributed by atoms with Crippen LogP contribution in [-0.4, -0.2) is 32.8 Å². The van der Waals surface area contributed by atoms with Crippen molar-refractivity contribution in [2.24, 2.45) is 11.8 Å². The predicted octanol–water partition coefficient (Wildman–Crippen LogP) is 4.22. The molecule has 28 heavy (non-hydrogen) atoms. The number of methoxy groups -OCH3 is 1. The van der Waals surface area contributed by atoms with Gasteiger partial charge in [0.15, 0.2) is 0 Å². The molecule has 2 amide bonds. The van der Waals surface area contributed by atoms with Gasteiger partial charge in [-0.1, -0.05) is 56.3 Å². The molecular formula is C23H31N3O2. The number of carbonyl (C=O) groups is 1. The van der Waals surface area contributed by atoms with Crippen LogP contribution < -0.4 is 20.3 Å². The normalized spacial score (nSPS) is 17.4. The van der Waals surface area contributed by atoms with Gasteiger partial charge in [-0.2, -0.15) is 0 Å². The monoisotopic (exact) mass is 381 g/mol. The van der Waals surface area contributed by atoms with Crippen LogP contribution in [0.3, 0.4) is 0 Å². The Morgan fingerprint density at radius 3 is 2.57 bits per heavy atom. The van der Waals surface area contributed by atoms with Gasteiger partial charge in [-0.15, -0.1) is 0 Å². The van der Waals surface area contributed by atoms with Crippen LogP contribution >= 0.6 is 0 Å². The number of hydrogen-bond acceptors (Lipinski definition) is 3. The first-order valence-corrected chi connectivity index (χ1v) is 10.1. The Balaban J connectivity index is 1.51. The number of benzene rings is 2. The zero-order chi connectivity index (χ0) is 19.9. The summed E-state index contributed by atoms with van der Waals surface area (Å²) in [6.07, 6.45) is 1.06. The van der Waals surface area contributed by atoms with Gasteiger partial charge in [-0.05, 0) is 36.0 Å². The molecule has 0 saturated carbocycles.